The van der Waals surface area contributed by atoms with Crippen molar-refractivity contribution in [2.45, 2.75) is 5.41 Å². The van der Waals surface area contributed by atoms with Crippen LogP contribution in [0.15, 0.2) is 291 Å². The molecule has 0 atom stereocenters. The van der Waals surface area contributed by atoms with Crippen LogP contribution < -0.4 is 0 Å². The van der Waals surface area contributed by atoms with Crippen molar-refractivity contribution in [1.29, 1.82) is 0 Å². The number of benzene rings is 12. The smallest absolute Gasteiger partial charge is 0.160 e. The first-order chi connectivity index (χ1) is 37.2. The van der Waals surface area contributed by atoms with Gasteiger partial charge in [-0.2, -0.15) is 0 Å². The van der Waals surface area contributed by atoms with Crippen molar-refractivity contribution in [1.82, 2.24) is 9.97 Å². The summed E-state index contributed by atoms with van der Waals surface area (Å²) in [6.07, 6.45) is 0. The molecule has 0 N–H and O–H groups in total. The molecule has 14 rings (SSSR count). The number of fused-ring (bicyclic) bond motifs is 5. The lowest BCUT2D eigenvalue weighted by Gasteiger charge is -2.33. The highest BCUT2D eigenvalue weighted by Gasteiger charge is 2.46. The van der Waals surface area contributed by atoms with Gasteiger partial charge in [-0.15, -0.1) is 0 Å². The van der Waals surface area contributed by atoms with Crippen molar-refractivity contribution >= 4 is 21.5 Å². The Labute approximate surface area is 437 Å². The van der Waals surface area contributed by atoms with Gasteiger partial charge in [0.15, 0.2) is 5.82 Å². The van der Waals surface area contributed by atoms with Gasteiger partial charge in [0.05, 0.1) is 16.8 Å². The van der Waals surface area contributed by atoms with Crippen molar-refractivity contribution in [2.24, 2.45) is 0 Å². The summed E-state index contributed by atoms with van der Waals surface area (Å²) in [5.74, 6) is 0.691. The van der Waals surface area contributed by atoms with Crippen LogP contribution in [-0.4, -0.2) is 9.97 Å². The average molecular weight is 953 g/mol. The van der Waals surface area contributed by atoms with Gasteiger partial charge < -0.3 is 0 Å². The maximum Gasteiger partial charge on any atom is 0.160 e. The molecule has 0 fully saturated rings. The van der Waals surface area contributed by atoms with E-state index in [-0.39, 0.29) is 0 Å². The molecule has 13 aromatic rings. The Morgan fingerprint density at radius 2 is 0.720 bits per heavy atom. The highest BCUT2D eigenvalue weighted by molar-refractivity contribution is 6.06. The van der Waals surface area contributed by atoms with E-state index < -0.39 is 5.41 Å². The molecule has 0 aliphatic heterocycles. The Kier molecular flexibility index (Phi) is 10.8. The van der Waals surface area contributed by atoms with Crippen LogP contribution in [0.4, 0.5) is 0 Å². The quantitative estimate of drug-likeness (QED) is 0.144. The molecule has 1 aliphatic carbocycles. The van der Waals surface area contributed by atoms with Gasteiger partial charge in [0, 0.05) is 16.7 Å². The second-order valence-electron chi connectivity index (χ2n) is 19.6. The lowest BCUT2D eigenvalue weighted by atomic mass is 9.67. The van der Waals surface area contributed by atoms with E-state index >= 15 is 0 Å². The predicted molar refractivity (Wildman–Crippen MR) is 312 cm³/mol. The van der Waals surface area contributed by atoms with Crippen LogP contribution >= 0.6 is 0 Å². The Balaban J connectivity index is 0.951. The molecule has 0 bridgehead atoms. The van der Waals surface area contributed by atoms with Gasteiger partial charge in [0.2, 0.25) is 0 Å². The van der Waals surface area contributed by atoms with Gasteiger partial charge in [-0.3, -0.25) is 0 Å². The summed E-state index contributed by atoms with van der Waals surface area (Å²) in [5, 5.41) is 4.73. The molecular formula is C73H48N2. The van der Waals surface area contributed by atoms with E-state index in [2.05, 4.69) is 285 Å². The minimum absolute atomic E-state index is 0.468. The minimum atomic E-state index is -0.468. The van der Waals surface area contributed by atoms with Gasteiger partial charge in [0.1, 0.15) is 0 Å². The molecule has 1 heterocycles. The van der Waals surface area contributed by atoms with E-state index in [0.29, 0.717) is 5.82 Å². The summed E-state index contributed by atoms with van der Waals surface area (Å²) >= 11 is 0. The lowest BCUT2D eigenvalue weighted by Crippen LogP contribution is -2.28. The number of rotatable bonds is 9. The third-order valence-electron chi connectivity index (χ3n) is 15.3. The van der Waals surface area contributed by atoms with Gasteiger partial charge in [-0.1, -0.05) is 249 Å². The molecule has 75 heavy (non-hydrogen) atoms. The summed E-state index contributed by atoms with van der Waals surface area (Å²) in [5.41, 5.74) is 21.3. The highest BCUT2D eigenvalue weighted by atomic mass is 14.9. The summed E-state index contributed by atoms with van der Waals surface area (Å²) in [6, 6.07) is 106. The standard InChI is InChI=1S/C73H48N2/c1-5-20-49(21-6-1)53-26-19-27-56(43-53)70-48-71(75-72(74-70)51-23-7-2-8-24-51)66-40-39-62(63-32-15-16-33-64(63)66)59-45-57(54-37-36-50-22-13-14-25-52(50)42-54)44-58(46-59)55-38-41-69-67(47-55)65-34-17-18-35-68(65)73(69,60-28-9-3-10-29-60)61-30-11-4-12-31-61/h1-48H. The van der Waals surface area contributed by atoms with E-state index in [1.54, 1.807) is 0 Å². The van der Waals surface area contributed by atoms with E-state index in [9.17, 15) is 0 Å². The van der Waals surface area contributed by atoms with Crippen molar-refractivity contribution in [2.75, 3.05) is 0 Å². The predicted octanol–water partition coefficient (Wildman–Crippen LogP) is 18.8. The zero-order valence-electron chi connectivity index (χ0n) is 41.1. The fourth-order valence-electron chi connectivity index (χ4n) is 11.8. The van der Waals surface area contributed by atoms with Crippen molar-refractivity contribution in [3.8, 4) is 89.5 Å². The Bertz CT molecular complexity index is 4240. The third-order valence-corrected chi connectivity index (χ3v) is 15.3. The molecular weight excluding hydrogens is 905 g/mol. The molecule has 350 valence electrons. The minimum Gasteiger partial charge on any atom is -0.228 e. The van der Waals surface area contributed by atoms with Gasteiger partial charge in [-0.25, -0.2) is 9.97 Å². The Morgan fingerprint density at radius 1 is 0.227 bits per heavy atom. The molecule has 1 aliphatic rings. The SMILES string of the molecule is c1ccc(-c2cccc(-c3cc(-c4ccc(-c5cc(-c6ccc7c(c6)-c6ccccc6C7(c6ccccc6)c6ccccc6)cc(-c6ccc7ccccc7c6)c5)c5ccccc45)nc(-c4ccccc4)n3)c2)cc1. The zero-order valence-corrected chi connectivity index (χ0v) is 41.1. The average Bonchev–Trinajstić information content (AvgIpc) is 3.80. The molecule has 0 radical (unpaired) electrons. The molecule has 2 heteroatoms. The second kappa shape index (κ2) is 18.4. The third kappa shape index (κ3) is 7.66. The lowest BCUT2D eigenvalue weighted by molar-refractivity contribution is 0.768. The van der Waals surface area contributed by atoms with Gasteiger partial charge in [0.25, 0.3) is 0 Å². The van der Waals surface area contributed by atoms with E-state index in [1.807, 2.05) is 6.07 Å². The fraction of sp³-hybridized carbons (Fsp3) is 0.0137. The van der Waals surface area contributed by atoms with Crippen LogP contribution in [0.5, 0.6) is 0 Å². The number of hydrogen-bond acceptors (Lipinski definition) is 2. The molecule has 0 saturated carbocycles. The first kappa shape index (κ1) is 44.0. The Hall–Kier alpha value is -9.76. The molecule has 0 saturated heterocycles. The Morgan fingerprint density at radius 3 is 1.45 bits per heavy atom. The maximum absolute atomic E-state index is 5.35. The monoisotopic (exact) mass is 952 g/mol. The number of hydrogen-bond donors (Lipinski definition) is 0. The van der Waals surface area contributed by atoms with Crippen LogP contribution in [0, 0.1) is 0 Å². The van der Waals surface area contributed by atoms with E-state index in [1.165, 1.54) is 60.8 Å². The van der Waals surface area contributed by atoms with E-state index in [0.717, 1.165) is 66.7 Å². The number of nitrogens with zero attached hydrogens (tertiary/aromatic N) is 2. The van der Waals surface area contributed by atoms with Crippen LogP contribution in [-0.2, 0) is 5.41 Å². The second-order valence-corrected chi connectivity index (χ2v) is 19.6. The van der Waals surface area contributed by atoms with Gasteiger partial charge >= 0.3 is 0 Å². The van der Waals surface area contributed by atoms with Crippen molar-refractivity contribution in [3.05, 3.63) is 313 Å². The molecule has 0 spiro atoms. The molecule has 12 aromatic carbocycles. The topological polar surface area (TPSA) is 25.8 Å². The fourth-order valence-corrected chi connectivity index (χ4v) is 11.8. The van der Waals surface area contributed by atoms with Gasteiger partial charge in [-0.05, 0) is 142 Å². The van der Waals surface area contributed by atoms with E-state index in [4.69, 9.17) is 9.97 Å². The van der Waals surface area contributed by atoms with Crippen LogP contribution in [0.1, 0.15) is 22.3 Å². The molecule has 2 nitrogen and oxygen atoms in total. The summed E-state index contributed by atoms with van der Waals surface area (Å²) in [6.45, 7) is 0. The summed E-state index contributed by atoms with van der Waals surface area (Å²) in [4.78, 5) is 10.6. The normalized spacial score (nSPS) is 12.4. The maximum atomic E-state index is 5.35. The summed E-state index contributed by atoms with van der Waals surface area (Å²) < 4.78 is 0. The van der Waals surface area contributed by atoms with Crippen LogP contribution in [0.25, 0.3) is 111 Å². The molecule has 0 unspecified atom stereocenters. The molecule has 0 amide bonds. The first-order valence-electron chi connectivity index (χ1n) is 25.8. The van der Waals surface area contributed by atoms with Crippen LogP contribution in [0.2, 0.25) is 0 Å². The highest BCUT2D eigenvalue weighted by Crippen LogP contribution is 2.57. The van der Waals surface area contributed by atoms with Crippen LogP contribution in [0.3, 0.4) is 0 Å². The molecule has 1 aromatic heterocycles. The summed E-state index contributed by atoms with van der Waals surface area (Å²) in [7, 11) is 0. The first-order valence-corrected chi connectivity index (χ1v) is 25.8. The van der Waals surface area contributed by atoms with Crippen molar-refractivity contribution < 1.29 is 0 Å². The zero-order chi connectivity index (χ0) is 49.7. The number of aromatic nitrogens is 2. The largest absolute Gasteiger partial charge is 0.228 e. The van der Waals surface area contributed by atoms with Crippen molar-refractivity contribution in [3.63, 3.8) is 0 Å².